The van der Waals surface area contributed by atoms with Gasteiger partial charge in [-0.3, -0.25) is 0 Å². The van der Waals surface area contributed by atoms with Gasteiger partial charge in [0.05, 0.1) is 6.61 Å². The number of methoxy groups -OCH3 is 1. The molecule has 86 valence electrons. The van der Waals surface area contributed by atoms with E-state index in [-0.39, 0.29) is 6.04 Å². The molecular weight excluding hydrogens is 194 g/mol. The molecule has 1 aromatic rings. The van der Waals surface area contributed by atoms with E-state index in [0.717, 1.165) is 12.8 Å². The Morgan fingerprint density at radius 1 is 1.53 bits per heavy atom. The third-order valence-electron chi connectivity index (χ3n) is 2.14. The van der Waals surface area contributed by atoms with Crippen molar-refractivity contribution in [1.29, 1.82) is 0 Å². The maximum absolute atomic E-state index is 5.87. The van der Waals surface area contributed by atoms with E-state index in [1.807, 2.05) is 0 Å². The van der Waals surface area contributed by atoms with E-state index in [1.165, 1.54) is 0 Å². The minimum Gasteiger partial charge on any atom is -0.384 e. The van der Waals surface area contributed by atoms with Gasteiger partial charge >= 0.3 is 0 Å². The normalized spacial score (nSPS) is 13.0. The Balaban J connectivity index is 2.38. The number of aromatic nitrogens is 2. The van der Waals surface area contributed by atoms with Crippen molar-refractivity contribution in [2.45, 2.75) is 38.6 Å². The number of nitrogens with zero attached hydrogens (tertiary/aromatic N) is 2. The molecule has 5 heteroatoms. The summed E-state index contributed by atoms with van der Waals surface area (Å²) in [5.74, 6) is 1.32. The zero-order valence-corrected chi connectivity index (χ0v) is 9.40. The molecule has 1 unspecified atom stereocenters. The second-order valence-corrected chi connectivity index (χ2v) is 3.60. The SMILES string of the molecule is CCCC(N)Cc1nc(CCOC)no1. The average Bonchev–Trinajstić information content (AvgIpc) is 2.63. The van der Waals surface area contributed by atoms with E-state index < -0.39 is 0 Å². The van der Waals surface area contributed by atoms with Crippen molar-refractivity contribution in [1.82, 2.24) is 10.1 Å². The predicted octanol–water partition coefficient (Wildman–Crippen LogP) is 0.928. The number of ether oxygens (including phenoxy) is 1. The summed E-state index contributed by atoms with van der Waals surface area (Å²) in [4.78, 5) is 4.23. The van der Waals surface area contributed by atoms with Crippen LogP contribution in [0.25, 0.3) is 0 Å². The fourth-order valence-electron chi connectivity index (χ4n) is 1.37. The molecule has 0 bridgehead atoms. The largest absolute Gasteiger partial charge is 0.384 e. The maximum Gasteiger partial charge on any atom is 0.228 e. The van der Waals surface area contributed by atoms with Gasteiger partial charge in [0.1, 0.15) is 0 Å². The van der Waals surface area contributed by atoms with Crippen molar-refractivity contribution in [2.24, 2.45) is 5.73 Å². The number of rotatable bonds is 7. The summed E-state index contributed by atoms with van der Waals surface area (Å²) in [7, 11) is 1.65. The van der Waals surface area contributed by atoms with Gasteiger partial charge in [-0.05, 0) is 6.42 Å². The van der Waals surface area contributed by atoms with Crippen molar-refractivity contribution in [3.63, 3.8) is 0 Å². The molecule has 0 spiro atoms. The highest BCUT2D eigenvalue weighted by Crippen LogP contribution is 2.04. The fraction of sp³-hybridized carbons (Fsp3) is 0.800. The minimum atomic E-state index is 0.116. The summed E-state index contributed by atoms with van der Waals surface area (Å²) in [5, 5.41) is 3.85. The van der Waals surface area contributed by atoms with Gasteiger partial charge in [-0.15, -0.1) is 0 Å². The molecule has 0 saturated heterocycles. The Morgan fingerprint density at radius 3 is 3.00 bits per heavy atom. The molecule has 1 rings (SSSR count). The van der Waals surface area contributed by atoms with Crippen LogP contribution in [0, 0.1) is 0 Å². The van der Waals surface area contributed by atoms with Crippen LogP contribution in [0.2, 0.25) is 0 Å². The Kier molecular flexibility index (Phi) is 5.28. The average molecular weight is 213 g/mol. The quantitative estimate of drug-likeness (QED) is 0.729. The van der Waals surface area contributed by atoms with Crippen LogP contribution in [-0.2, 0) is 17.6 Å². The van der Waals surface area contributed by atoms with Crippen LogP contribution >= 0.6 is 0 Å². The molecule has 1 atom stereocenters. The minimum absolute atomic E-state index is 0.116. The van der Waals surface area contributed by atoms with E-state index in [4.69, 9.17) is 15.0 Å². The van der Waals surface area contributed by atoms with Crippen molar-refractivity contribution in [3.05, 3.63) is 11.7 Å². The zero-order valence-electron chi connectivity index (χ0n) is 9.40. The third kappa shape index (κ3) is 4.40. The Hall–Kier alpha value is -0.940. The summed E-state index contributed by atoms with van der Waals surface area (Å²) in [5.41, 5.74) is 5.87. The molecule has 2 N–H and O–H groups in total. The van der Waals surface area contributed by atoms with Gasteiger partial charge in [0.25, 0.3) is 0 Å². The van der Waals surface area contributed by atoms with E-state index >= 15 is 0 Å². The molecular formula is C10H19N3O2. The Bertz CT molecular complexity index is 275. The van der Waals surface area contributed by atoms with E-state index in [1.54, 1.807) is 7.11 Å². The number of hydrogen-bond donors (Lipinski definition) is 1. The lowest BCUT2D eigenvalue weighted by molar-refractivity contribution is 0.199. The van der Waals surface area contributed by atoms with Gasteiger partial charge in [0.2, 0.25) is 5.89 Å². The van der Waals surface area contributed by atoms with Crippen LogP contribution in [0.5, 0.6) is 0 Å². The van der Waals surface area contributed by atoms with Gasteiger partial charge in [-0.1, -0.05) is 18.5 Å². The molecule has 1 aromatic heterocycles. The van der Waals surface area contributed by atoms with E-state index in [0.29, 0.717) is 31.2 Å². The molecule has 0 saturated carbocycles. The van der Waals surface area contributed by atoms with Crippen molar-refractivity contribution in [2.75, 3.05) is 13.7 Å². The Morgan fingerprint density at radius 2 is 2.33 bits per heavy atom. The van der Waals surface area contributed by atoms with E-state index in [2.05, 4.69) is 17.1 Å². The summed E-state index contributed by atoms with van der Waals surface area (Å²) in [6.45, 7) is 2.72. The van der Waals surface area contributed by atoms with Crippen LogP contribution in [0.1, 0.15) is 31.5 Å². The summed E-state index contributed by atoms with van der Waals surface area (Å²) in [6, 6.07) is 0.116. The lowest BCUT2D eigenvalue weighted by atomic mass is 10.1. The summed E-state index contributed by atoms with van der Waals surface area (Å²) < 4.78 is 10.0. The van der Waals surface area contributed by atoms with Crippen LogP contribution in [0.4, 0.5) is 0 Å². The highest BCUT2D eigenvalue weighted by molar-refractivity contribution is 4.89. The van der Waals surface area contributed by atoms with Crippen molar-refractivity contribution >= 4 is 0 Å². The standard InChI is InChI=1S/C10H19N3O2/c1-3-4-8(11)7-10-12-9(13-15-10)5-6-14-2/h8H,3-7,11H2,1-2H3. The van der Waals surface area contributed by atoms with Gasteiger partial charge in [0, 0.05) is 26.0 Å². The number of hydrogen-bond acceptors (Lipinski definition) is 5. The first-order valence-electron chi connectivity index (χ1n) is 5.32. The topological polar surface area (TPSA) is 74.2 Å². The molecule has 15 heavy (non-hydrogen) atoms. The summed E-state index contributed by atoms with van der Waals surface area (Å²) in [6.07, 6.45) is 3.40. The summed E-state index contributed by atoms with van der Waals surface area (Å²) >= 11 is 0. The van der Waals surface area contributed by atoms with Crippen molar-refractivity contribution in [3.8, 4) is 0 Å². The highest BCUT2D eigenvalue weighted by Gasteiger charge is 2.10. The van der Waals surface area contributed by atoms with Crippen molar-refractivity contribution < 1.29 is 9.26 Å². The molecule has 0 radical (unpaired) electrons. The molecule has 0 aromatic carbocycles. The highest BCUT2D eigenvalue weighted by atomic mass is 16.5. The van der Waals surface area contributed by atoms with Crippen LogP contribution < -0.4 is 5.73 Å². The monoisotopic (exact) mass is 213 g/mol. The predicted molar refractivity (Wildman–Crippen MR) is 56.5 cm³/mol. The van der Waals surface area contributed by atoms with Crippen LogP contribution in [0.3, 0.4) is 0 Å². The van der Waals surface area contributed by atoms with Gasteiger partial charge in [-0.25, -0.2) is 0 Å². The lowest BCUT2D eigenvalue weighted by Gasteiger charge is -2.05. The maximum atomic E-state index is 5.87. The smallest absolute Gasteiger partial charge is 0.228 e. The van der Waals surface area contributed by atoms with Crippen LogP contribution in [0.15, 0.2) is 4.52 Å². The second kappa shape index (κ2) is 6.53. The fourth-order valence-corrected chi connectivity index (χ4v) is 1.37. The zero-order chi connectivity index (χ0) is 11.1. The number of nitrogens with two attached hydrogens (primary N) is 1. The van der Waals surface area contributed by atoms with Crippen LogP contribution in [-0.4, -0.2) is 29.9 Å². The van der Waals surface area contributed by atoms with Gasteiger partial charge in [-0.2, -0.15) is 4.98 Å². The molecule has 1 heterocycles. The first-order chi connectivity index (χ1) is 7.26. The second-order valence-electron chi connectivity index (χ2n) is 3.60. The molecule has 0 aliphatic heterocycles. The Labute approximate surface area is 90.0 Å². The van der Waals surface area contributed by atoms with Gasteiger partial charge in [0.15, 0.2) is 5.82 Å². The molecule has 0 fully saturated rings. The van der Waals surface area contributed by atoms with E-state index in [9.17, 15) is 0 Å². The molecule has 0 amide bonds. The van der Waals surface area contributed by atoms with Gasteiger partial charge < -0.3 is 15.0 Å². The molecule has 5 nitrogen and oxygen atoms in total. The first kappa shape index (κ1) is 12.1. The first-order valence-corrected chi connectivity index (χ1v) is 5.32. The molecule has 0 aliphatic rings. The lowest BCUT2D eigenvalue weighted by Crippen LogP contribution is -2.22. The molecule has 0 aliphatic carbocycles. The third-order valence-corrected chi connectivity index (χ3v) is 2.14.